The molecule has 0 radical (unpaired) electrons. The van der Waals surface area contributed by atoms with Crippen LogP contribution in [0.4, 0.5) is 0 Å². The van der Waals surface area contributed by atoms with Crippen LogP contribution in [0.2, 0.25) is 5.02 Å². The zero-order valence-electron chi connectivity index (χ0n) is 18.6. The van der Waals surface area contributed by atoms with Crippen molar-refractivity contribution < 1.29 is 4.79 Å². The van der Waals surface area contributed by atoms with Gasteiger partial charge in [0.15, 0.2) is 5.96 Å². The molecule has 5 nitrogen and oxygen atoms in total. The van der Waals surface area contributed by atoms with E-state index in [4.69, 9.17) is 16.6 Å². The molecule has 1 aliphatic heterocycles. The number of amides is 1. The number of nitrogens with one attached hydrogen (secondary N) is 2. The fourth-order valence-corrected chi connectivity index (χ4v) is 4.33. The average molecular weight is 567 g/mol. The second-order valence-electron chi connectivity index (χ2n) is 8.57. The predicted molar refractivity (Wildman–Crippen MR) is 142 cm³/mol. The number of nitrogens with zero attached hydrogens (tertiary/aromatic N) is 2. The van der Waals surface area contributed by atoms with Crippen LogP contribution in [0.1, 0.15) is 49.3 Å². The molecule has 2 aliphatic rings. The van der Waals surface area contributed by atoms with Crippen molar-refractivity contribution in [1.29, 1.82) is 0 Å². The lowest BCUT2D eigenvalue weighted by Gasteiger charge is -2.19. The van der Waals surface area contributed by atoms with Gasteiger partial charge >= 0.3 is 0 Å². The molecule has 7 heteroatoms. The largest absolute Gasteiger partial charge is 0.357 e. The summed E-state index contributed by atoms with van der Waals surface area (Å²) in [7, 11) is 0. The molecule has 2 aromatic rings. The molecule has 1 aliphatic carbocycles. The van der Waals surface area contributed by atoms with Gasteiger partial charge in [0.25, 0.3) is 0 Å². The highest BCUT2D eigenvalue weighted by Gasteiger charge is 2.44. The maximum absolute atomic E-state index is 11.8. The van der Waals surface area contributed by atoms with Crippen LogP contribution in [-0.4, -0.2) is 36.4 Å². The van der Waals surface area contributed by atoms with Crippen molar-refractivity contribution >= 4 is 47.4 Å². The van der Waals surface area contributed by atoms with Crippen molar-refractivity contribution in [2.75, 3.05) is 19.6 Å². The number of hydrogen-bond donors (Lipinski definition) is 2. The van der Waals surface area contributed by atoms with Crippen LogP contribution in [0.5, 0.6) is 0 Å². The number of rotatable bonds is 8. The van der Waals surface area contributed by atoms with Crippen molar-refractivity contribution in [3.05, 3.63) is 70.2 Å². The molecule has 2 fully saturated rings. The first-order valence-corrected chi connectivity index (χ1v) is 11.6. The summed E-state index contributed by atoms with van der Waals surface area (Å²) in [6.07, 6.45) is 4.00. The van der Waals surface area contributed by atoms with Crippen molar-refractivity contribution in [2.24, 2.45) is 4.99 Å². The lowest BCUT2D eigenvalue weighted by molar-refractivity contribution is -0.128. The quantitative estimate of drug-likeness (QED) is 0.272. The third-order valence-electron chi connectivity index (χ3n) is 6.22. The smallest absolute Gasteiger partial charge is 0.222 e. The molecule has 0 unspecified atom stereocenters. The summed E-state index contributed by atoms with van der Waals surface area (Å²) >= 11 is 6.20. The molecular formula is C25H32ClIN4O. The Morgan fingerprint density at radius 1 is 1.12 bits per heavy atom. The number of carbonyl (C=O) groups excluding carboxylic acids is 1. The maximum atomic E-state index is 11.8. The van der Waals surface area contributed by atoms with E-state index in [9.17, 15) is 4.79 Å². The van der Waals surface area contributed by atoms with Crippen LogP contribution in [0.15, 0.2) is 53.5 Å². The van der Waals surface area contributed by atoms with E-state index < -0.39 is 0 Å². The van der Waals surface area contributed by atoms with Crippen molar-refractivity contribution in [1.82, 2.24) is 15.5 Å². The Morgan fingerprint density at radius 2 is 1.88 bits per heavy atom. The van der Waals surface area contributed by atoms with E-state index in [1.165, 1.54) is 24.0 Å². The summed E-state index contributed by atoms with van der Waals surface area (Å²) in [6.45, 7) is 5.94. The standard InChI is InChI=1S/C25H31ClN4O.HI/c1-2-27-24(29-18-25(12-13-25)21-5-3-6-22(26)15-21)28-16-19-8-10-20(11-9-19)17-30-14-4-7-23(30)31;/h3,5-6,8-11,15H,2,4,7,12-14,16-18H2,1H3,(H2,27,28,29);1H. The third kappa shape index (κ3) is 6.38. The molecule has 4 rings (SSSR count). The minimum Gasteiger partial charge on any atom is -0.357 e. The van der Waals surface area contributed by atoms with Gasteiger partial charge < -0.3 is 15.5 Å². The lowest BCUT2D eigenvalue weighted by Crippen LogP contribution is -2.41. The van der Waals surface area contributed by atoms with Crippen LogP contribution in [0.3, 0.4) is 0 Å². The average Bonchev–Trinajstić information content (AvgIpc) is 3.47. The minimum atomic E-state index is 0. The molecule has 1 saturated carbocycles. The van der Waals surface area contributed by atoms with Crippen LogP contribution < -0.4 is 10.6 Å². The van der Waals surface area contributed by atoms with Gasteiger partial charge in [0.1, 0.15) is 0 Å². The van der Waals surface area contributed by atoms with Gasteiger partial charge in [0, 0.05) is 43.0 Å². The number of aliphatic imine (C=N–C) groups is 1. The molecule has 2 aromatic carbocycles. The van der Waals surface area contributed by atoms with E-state index in [2.05, 4.69) is 54.0 Å². The number of hydrogen-bond acceptors (Lipinski definition) is 2. The minimum absolute atomic E-state index is 0. The van der Waals surface area contributed by atoms with Gasteiger partial charge in [-0.3, -0.25) is 4.79 Å². The summed E-state index contributed by atoms with van der Waals surface area (Å²) in [5.41, 5.74) is 3.79. The van der Waals surface area contributed by atoms with E-state index in [1.54, 1.807) is 0 Å². The number of halogens is 2. The Hall–Kier alpha value is -1.80. The Kier molecular flexibility index (Phi) is 8.82. The molecule has 172 valence electrons. The lowest BCUT2D eigenvalue weighted by atomic mass is 9.96. The first-order chi connectivity index (χ1) is 15.1. The highest BCUT2D eigenvalue weighted by Crippen LogP contribution is 2.48. The van der Waals surface area contributed by atoms with E-state index in [0.717, 1.165) is 42.6 Å². The molecule has 0 atom stereocenters. The SMILES string of the molecule is CCNC(=NCc1ccc(CN2CCCC2=O)cc1)NCC1(c2cccc(Cl)c2)CC1.I. The second kappa shape index (κ2) is 11.4. The van der Waals surface area contributed by atoms with Gasteiger partial charge in [0.2, 0.25) is 5.91 Å². The van der Waals surface area contributed by atoms with Crippen LogP contribution in [-0.2, 0) is 23.3 Å². The Bertz CT molecular complexity index is 943. The van der Waals surface area contributed by atoms with Gasteiger partial charge in [-0.2, -0.15) is 0 Å². The van der Waals surface area contributed by atoms with E-state index >= 15 is 0 Å². The van der Waals surface area contributed by atoms with Crippen LogP contribution >= 0.6 is 35.6 Å². The van der Waals surface area contributed by atoms with Gasteiger partial charge in [0.05, 0.1) is 6.54 Å². The first-order valence-electron chi connectivity index (χ1n) is 11.2. The van der Waals surface area contributed by atoms with Gasteiger partial charge in [-0.25, -0.2) is 4.99 Å². The maximum Gasteiger partial charge on any atom is 0.222 e. The molecule has 0 bridgehead atoms. The third-order valence-corrected chi connectivity index (χ3v) is 6.45. The summed E-state index contributed by atoms with van der Waals surface area (Å²) in [5, 5.41) is 7.67. The fourth-order valence-electron chi connectivity index (χ4n) is 4.14. The Labute approximate surface area is 213 Å². The van der Waals surface area contributed by atoms with E-state index in [1.807, 2.05) is 17.0 Å². The van der Waals surface area contributed by atoms with Crippen molar-refractivity contribution in [3.63, 3.8) is 0 Å². The fraction of sp³-hybridized carbons (Fsp3) is 0.440. The normalized spacial score (nSPS) is 17.1. The summed E-state index contributed by atoms with van der Waals surface area (Å²) in [4.78, 5) is 18.5. The van der Waals surface area contributed by atoms with Gasteiger partial charge in [-0.1, -0.05) is 48.0 Å². The van der Waals surface area contributed by atoms with Crippen molar-refractivity contribution in [3.8, 4) is 0 Å². The molecule has 2 N–H and O–H groups in total. The monoisotopic (exact) mass is 566 g/mol. The predicted octanol–water partition coefficient (Wildman–Crippen LogP) is 4.87. The molecular weight excluding hydrogens is 535 g/mol. The zero-order chi connectivity index (χ0) is 21.7. The van der Waals surface area contributed by atoms with Crippen LogP contribution in [0, 0.1) is 0 Å². The zero-order valence-corrected chi connectivity index (χ0v) is 21.7. The molecule has 0 spiro atoms. The summed E-state index contributed by atoms with van der Waals surface area (Å²) < 4.78 is 0. The summed E-state index contributed by atoms with van der Waals surface area (Å²) in [6, 6.07) is 16.6. The van der Waals surface area contributed by atoms with Crippen LogP contribution in [0.25, 0.3) is 0 Å². The second-order valence-corrected chi connectivity index (χ2v) is 9.01. The highest BCUT2D eigenvalue weighted by molar-refractivity contribution is 14.0. The molecule has 1 heterocycles. The number of guanidine groups is 1. The van der Waals surface area contributed by atoms with Gasteiger partial charge in [-0.05, 0) is 55.0 Å². The van der Waals surface area contributed by atoms with Gasteiger partial charge in [-0.15, -0.1) is 24.0 Å². The van der Waals surface area contributed by atoms with E-state index in [-0.39, 0.29) is 35.3 Å². The Morgan fingerprint density at radius 3 is 2.50 bits per heavy atom. The first kappa shape index (κ1) is 24.8. The topological polar surface area (TPSA) is 56.7 Å². The van der Waals surface area contributed by atoms with E-state index in [0.29, 0.717) is 19.5 Å². The van der Waals surface area contributed by atoms with Crippen molar-refractivity contribution in [2.45, 2.75) is 51.1 Å². The molecule has 32 heavy (non-hydrogen) atoms. The number of carbonyl (C=O) groups is 1. The molecule has 1 amide bonds. The highest BCUT2D eigenvalue weighted by atomic mass is 127. The molecule has 0 aromatic heterocycles. The number of likely N-dealkylation sites (tertiary alicyclic amines) is 1. The summed E-state index contributed by atoms with van der Waals surface area (Å²) in [5.74, 6) is 1.10. The number of benzene rings is 2. The molecule has 1 saturated heterocycles. The Balaban J connectivity index is 0.00000289.